The van der Waals surface area contributed by atoms with E-state index >= 15 is 0 Å². The SMILES string of the molecule is CNC(=O)c1cc(C(=O)C[C@H]2C[C@H]2C)cn(Cc2ccccc2)c1=O. The summed E-state index contributed by atoms with van der Waals surface area (Å²) in [6.45, 7) is 2.45. The summed E-state index contributed by atoms with van der Waals surface area (Å²) in [5.41, 5.74) is 0.980. The van der Waals surface area contributed by atoms with Crippen molar-refractivity contribution in [2.45, 2.75) is 26.3 Å². The summed E-state index contributed by atoms with van der Waals surface area (Å²) in [5, 5.41) is 2.48. The number of benzene rings is 1. The van der Waals surface area contributed by atoms with Gasteiger partial charge in [0.25, 0.3) is 11.5 Å². The molecule has 2 atom stereocenters. The summed E-state index contributed by atoms with van der Waals surface area (Å²) in [4.78, 5) is 37.3. The number of ketones is 1. The highest BCUT2D eigenvalue weighted by molar-refractivity contribution is 6.00. The Morgan fingerprint density at radius 1 is 1.24 bits per heavy atom. The number of nitrogens with one attached hydrogen (secondary N) is 1. The fourth-order valence-corrected chi connectivity index (χ4v) is 3.02. The van der Waals surface area contributed by atoms with Crippen molar-refractivity contribution in [1.29, 1.82) is 0 Å². The van der Waals surface area contributed by atoms with Gasteiger partial charge in [0.1, 0.15) is 5.56 Å². The maximum absolute atomic E-state index is 12.6. The monoisotopic (exact) mass is 338 g/mol. The average molecular weight is 338 g/mol. The van der Waals surface area contributed by atoms with E-state index in [0.29, 0.717) is 30.4 Å². The molecule has 25 heavy (non-hydrogen) atoms. The Labute approximate surface area is 146 Å². The number of amides is 1. The largest absolute Gasteiger partial charge is 0.355 e. The van der Waals surface area contributed by atoms with E-state index in [4.69, 9.17) is 0 Å². The number of hydrogen-bond acceptors (Lipinski definition) is 3. The number of rotatable bonds is 6. The molecule has 1 amide bonds. The molecule has 1 fully saturated rings. The molecular weight excluding hydrogens is 316 g/mol. The first kappa shape index (κ1) is 17.1. The van der Waals surface area contributed by atoms with Crippen molar-refractivity contribution in [3.63, 3.8) is 0 Å². The van der Waals surface area contributed by atoms with E-state index in [0.717, 1.165) is 12.0 Å². The van der Waals surface area contributed by atoms with Gasteiger partial charge in [-0.25, -0.2) is 0 Å². The van der Waals surface area contributed by atoms with Gasteiger partial charge in [-0.1, -0.05) is 37.3 Å². The first-order valence-electron chi connectivity index (χ1n) is 8.53. The highest BCUT2D eigenvalue weighted by Gasteiger charge is 2.34. The number of aromatic nitrogens is 1. The lowest BCUT2D eigenvalue weighted by atomic mass is 10.0. The summed E-state index contributed by atoms with van der Waals surface area (Å²) >= 11 is 0. The zero-order chi connectivity index (χ0) is 18.0. The minimum absolute atomic E-state index is 0.00752. The number of pyridine rings is 1. The third kappa shape index (κ3) is 3.87. The second-order valence-electron chi connectivity index (χ2n) is 6.74. The average Bonchev–Trinajstić information content (AvgIpc) is 3.31. The Morgan fingerprint density at radius 3 is 2.52 bits per heavy atom. The Bertz CT molecular complexity index is 855. The molecule has 5 nitrogen and oxygen atoms in total. The molecule has 3 rings (SSSR count). The predicted molar refractivity (Wildman–Crippen MR) is 95.9 cm³/mol. The fraction of sp³-hybridized carbons (Fsp3) is 0.350. The zero-order valence-electron chi connectivity index (χ0n) is 14.5. The van der Waals surface area contributed by atoms with Crippen molar-refractivity contribution in [3.05, 3.63) is 69.6 Å². The van der Waals surface area contributed by atoms with Crippen molar-refractivity contribution in [1.82, 2.24) is 9.88 Å². The zero-order valence-corrected chi connectivity index (χ0v) is 14.5. The van der Waals surface area contributed by atoms with Crippen LogP contribution in [0.2, 0.25) is 0 Å². The molecule has 0 saturated heterocycles. The number of hydrogen-bond donors (Lipinski definition) is 1. The highest BCUT2D eigenvalue weighted by atomic mass is 16.2. The Hall–Kier alpha value is -2.69. The highest BCUT2D eigenvalue weighted by Crippen LogP contribution is 2.41. The Balaban J connectivity index is 1.97. The fourth-order valence-electron chi connectivity index (χ4n) is 3.02. The van der Waals surface area contributed by atoms with Crippen molar-refractivity contribution < 1.29 is 9.59 Å². The van der Waals surface area contributed by atoms with Crippen LogP contribution in [0.4, 0.5) is 0 Å². The third-order valence-corrected chi connectivity index (χ3v) is 4.80. The van der Waals surface area contributed by atoms with Gasteiger partial charge in [-0.15, -0.1) is 0 Å². The molecule has 1 aromatic carbocycles. The topological polar surface area (TPSA) is 68.2 Å². The lowest BCUT2D eigenvalue weighted by molar-refractivity contribution is 0.0961. The second-order valence-corrected chi connectivity index (χ2v) is 6.74. The Morgan fingerprint density at radius 2 is 1.92 bits per heavy atom. The molecule has 5 heteroatoms. The molecule has 1 aliphatic rings. The number of Topliss-reactive ketones (excluding diaryl/α,β-unsaturated/α-hetero) is 1. The normalized spacial score (nSPS) is 18.6. The number of nitrogens with zero attached hydrogens (tertiary/aromatic N) is 1. The van der Waals surface area contributed by atoms with E-state index in [-0.39, 0.29) is 16.9 Å². The van der Waals surface area contributed by atoms with Gasteiger partial charge in [0, 0.05) is 25.2 Å². The Kier molecular flexibility index (Phi) is 4.83. The van der Waals surface area contributed by atoms with Gasteiger partial charge in [-0.05, 0) is 29.9 Å². The van der Waals surface area contributed by atoms with Crippen LogP contribution in [-0.2, 0) is 6.54 Å². The maximum Gasteiger partial charge on any atom is 0.263 e. The van der Waals surface area contributed by atoms with Gasteiger partial charge < -0.3 is 9.88 Å². The summed E-state index contributed by atoms with van der Waals surface area (Å²) in [6, 6.07) is 10.9. The van der Waals surface area contributed by atoms with Crippen LogP contribution in [0, 0.1) is 11.8 Å². The van der Waals surface area contributed by atoms with E-state index < -0.39 is 5.91 Å². The number of carbonyl (C=O) groups is 2. The maximum atomic E-state index is 12.6. The minimum atomic E-state index is -0.471. The van der Waals surface area contributed by atoms with E-state index in [9.17, 15) is 14.4 Å². The first-order chi connectivity index (χ1) is 12.0. The predicted octanol–water partition coefficient (Wildman–Crippen LogP) is 2.49. The molecule has 0 spiro atoms. The summed E-state index contributed by atoms with van der Waals surface area (Å²) in [6.07, 6.45) is 3.12. The van der Waals surface area contributed by atoms with Crippen LogP contribution in [-0.4, -0.2) is 23.3 Å². The van der Waals surface area contributed by atoms with Gasteiger partial charge in [-0.3, -0.25) is 14.4 Å². The molecule has 0 radical (unpaired) electrons. The molecule has 0 unspecified atom stereocenters. The minimum Gasteiger partial charge on any atom is -0.355 e. The van der Waals surface area contributed by atoms with Crippen molar-refractivity contribution in [3.8, 4) is 0 Å². The smallest absolute Gasteiger partial charge is 0.263 e. The molecule has 2 aromatic rings. The molecule has 130 valence electrons. The van der Waals surface area contributed by atoms with E-state index in [2.05, 4.69) is 12.2 Å². The van der Waals surface area contributed by atoms with Crippen LogP contribution < -0.4 is 10.9 Å². The summed E-state index contributed by atoms with van der Waals surface area (Å²) < 4.78 is 1.45. The lowest BCUT2D eigenvalue weighted by Gasteiger charge is -2.11. The molecule has 1 saturated carbocycles. The first-order valence-corrected chi connectivity index (χ1v) is 8.53. The van der Waals surface area contributed by atoms with Crippen molar-refractivity contribution >= 4 is 11.7 Å². The standard InChI is InChI=1S/C20H22N2O3/c1-13-8-15(13)10-18(23)16-9-17(19(24)21-2)20(25)22(12-16)11-14-6-4-3-5-7-14/h3-7,9,12-13,15H,8,10-11H2,1-2H3,(H,21,24)/t13-,15-/m1/s1. The van der Waals surface area contributed by atoms with Crippen LogP contribution in [0.15, 0.2) is 47.4 Å². The molecule has 0 bridgehead atoms. The van der Waals surface area contributed by atoms with Gasteiger partial charge in [0.2, 0.25) is 0 Å². The third-order valence-electron chi connectivity index (χ3n) is 4.80. The van der Waals surface area contributed by atoms with Crippen LogP contribution in [0.5, 0.6) is 0 Å². The van der Waals surface area contributed by atoms with Crippen LogP contribution >= 0.6 is 0 Å². The lowest BCUT2D eigenvalue weighted by Crippen LogP contribution is -2.32. The second kappa shape index (κ2) is 7.05. The summed E-state index contributed by atoms with van der Waals surface area (Å²) in [7, 11) is 1.48. The van der Waals surface area contributed by atoms with E-state index in [1.54, 1.807) is 6.20 Å². The van der Waals surface area contributed by atoms with E-state index in [1.165, 1.54) is 17.7 Å². The van der Waals surface area contributed by atoms with Gasteiger partial charge in [-0.2, -0.15) is 0 Å². The molecule has 1 aromatic heterocycles. The van der Waals surface area contributed by atoms with Gasteiger partial charge in [0.15, 0.2) is 5.78 Å². The quantitative estimate of drug-likeness (QED) is 0.823. The molecule has 1 heterocycles. The summed E-state index contributed by atoms with van der Waals surface area (Å²) in [5.74, 6) is 0.519. The van der Waals surface area contributed by atoms with Crippen molar-refractivity contribution in [2.75, 3.05) is 7.05 Å². The van der Waals surface area contributed by atoms with Crippen molar-refractivity contribution in [2.24, 2.45) is 11.8 Å². The molecule has 0 aliphatic heterocycles. The van der Waals surface area contributed by atoms with Crippen LogP contribution in [0.25, 0.3) is 0 Å². The van der Waals surface area contributed by atoms with Gasteiger partial charge in [0.05, 0.1) is 6.54 Å². The van der Waals surface area contributed by atoms with Crippen LogP contribution in [0.1, 0.15) is 46.0 Å². The molecule has 1 aliphatic carbocycles. The van der Waals surface area contributed by atoms with Crippen LogP contribution in [0.3, 0.4) is 0 Å². The molecular formula is C20H22N2O3. The number of carbonyl (C=O) groups excluding carboxylic acids is 2. The van der Waals surface area contributed by atoms with E-state index in [1.807, 2.05) is 30.3 Å². The van der Waals surface area contributed by atoms with Gasteiger partial charge >= 0.3 is 0 Å². The molecule has 1 N–H and O–H groups in total.